The summed E-state index contributed by atoms with van der Waals surface area (Å²) in [7, 11) is 0. The molecular weight excluding hydrogens is 402 g/mol. The van der Waals surface area contributed by atoms with Gasteiger partial charge in [-0.25, -0.2) is 8.78 Å². The van der Waals surface area contributed by atoms with Crippen LogP contribution in [0.25, 0.3) is 55.4 Å². The molecule has 0 spiro atoms. The van der Waals surface area contributed by atoms with Crippen LogP contribution in [0.2, 0.25) is 0 Å². The van der Waals surface area contributed by atoms with E-state index in [1.165, 1.54) is 24.3 Å². The molecule has 0 amide bonds. The predicted octanol–water partition coefficient (Wildman–Crippen LogP) is 7.93. The molecule has 0 atom stereocenters. The third kappa shape index (κ3) is 2.92. The molecule has 2 nitrogen and oxygen atoms in total. The van der Waals surface area contributed by atoms with E-state index in [0.29, 0.717) is 0 Å². The SMILES string of the molecule is Fc1cccc(-c2[nH]c3ccccc3c2-c2c(-c3cccc(F)c3)[nH]c3ccccc23)c1. The number of fused-ring (bicyclic) bond motifs is 2. The molecule has 154 valence electrons. The molecule has 2 N–H and O–H groups in total. The lowest BCUT2D eigenvalue weighted by atomic mass is 9.93. The molecule has 4 heteroatoms. The second-order valence-corrected chi connectivity index (χ2v) is 7.86. The van der Waals surface area contributed by atoms with Crippen LogP contribution in [0.3, 0.4) is 0 Å². The predicted molar refractivity (Wildman–Crippen MR) is 126 cm³/mol. The molecule has 6 aromatic rings. The first-order valence-electron chi connectivity index (χ1n) is 10.4. The molecule has 0 bridgehead atoms. The Balaban J connectivity index is 1.76. The van der Waals surface area contributed by atoms with Crippen molar-refractivity contribution in [2.45, 2.75) is 0 Å². The number of rotatable bonds is 3. The fourth-order valence-electron chi connectivity index (χ4n) is 4.52. The zero-order valence-corrected chi connectivity index (χ0v) is 17.0. The van der Waals surface area contributed by atoms with Crippen LogP contribution in [-0.2, 0) is 0 Å². The average Bonchev–Trinajstić information content (AvgIpc) is 3.37. The maximum absolute atomic E-state index is 14.2. The van der Waals surface area contributed by atoms with E-state index in [9.17, 15) is 8.78 Å². The molecule has 0 unspecified atom stereocenters. The number of aromatic nitrogens is 2. The largest absolute Gasteiger partial charge is 0.354 e. The summed E-state index contributed by atoms with van der Waals surface area (Å²) in [6, 6.07) is 29.2. The van der Waals surface area contributed by atoms with Crippen molar-refractivity contribution in [2.24, 2.45) is 0 Å². The highest BCUT2D eigenvalue weighted by Crippen LogP contribution is 2.46. The fraction of sp³-hybridized carbons (Fsp3) is 0. The van der Waals surface area contributed by atoms with Gasteiger partial charge in [0.1, 0.15) is 11.6 Å². The van der Waals surface area contributed by atoms with Crippen molar-refractivity contribution in [1.82, 2.24) is 9.97 Å². The van der Waals surface area contributed by atoms with Crippen molar-refractivity contribution in [3.05, 3.63) is 109 Å². The summed E-state index contributed by atoms with van der Waals surface area (Å²) in [6.07, 6.45) is 0. The van der Waals surface area contributed by atoms with E-state index < -0.39 is 0 Å². The van der Waals surface area contributed by atoms with Gasteiger partial charge in [-0.05, 0) is 36.4 Å². The summed E-state index contributed by atoms with van der Waals surface area (Å²) in [4.78, 5) is 6.99. The molecule has 0 saturated heterocycles. The van der Waals surface area contributed by atoms with Crippen LogP contribution in [-0.4, -0.2) is 9.97 Å². The number of nitrogens with one attached hydrogen (secondary N) is 2. The van der Waals surface area contributed by atoms with Crippen molar-refractivity contribution < 1.29 is 8.78 Å². The minimum atomic E-state index is -0.295. The molecule has 2 heterocycles. The minimum Gasteiger partial charge on any atom is -0.354 e. The van der Waals surface area contributed by atoms with Gasteiger partial charge in [-0.3, -0.25) is 0 Å². The Labute approximate surface area is 183 Å². The van der Waals surface area contributed by atoms with Crippen LogP contribution < -0.4 is 0 Å². The molecule has 4 aromatic carbocycles. The summed E-state index contributed by atoms with van der Waals surface area (Å²) >= 11 is 0. The van der Waals surface area contributed by atoms with Gasteiger partial charge in [-0.1, -0.05) is 60.7 Å². The maximum atomic E-state index is 14.2. The van der Waals surface area contributed by atoms with Crippen LogP contribution in [0.4, 0.5) is 8.78 Å². The van der Waals surface area contributed by atoms with Gasteiger partial charge >= 0.3 is 0 Å². The Kier molecular flexibility index (Phi) is 4.18. The smallest absolute Gasteiger partial charge is 0.123 e. The fourth-order valence-corrected chi connectivity index (χ4v) is 4.52. The van der Waals surface area contributed by atoms with Crippen molar-refractivity contribution in [2.75, 3.05) is 0 Å². The molecule has 0 radical (unpaired) electrons. The first-order chi connectivity index (χ1) is 15.7. The highest BCUT2D eigenvalue weighted by molar-refractivity contribution is 6.14. The molecule has 32 heavy (non-hydrogen) atoms. The molecule has 0 aliphatic heterocycles. The first kappa shape index (κ1) is 18.6. The van der Waals surface area contributed by atoms with Crippen molar-refractivity contribution >= 4 is 21.8 Å². The van der Waals surface area contributed by atoms with Gasteiger partial charge in [0.2, 0.25) is 0 Å². The van der Waals surface area contributed by atoms with Gasteiger partial charge in [-0.2, -0.15) is 0 Å². The van der Waals surface area contributed by atoms with Gasteiger partial charge in [0.25, 0.3) is 0 Å². The van der Waals surface area contributed by atoms with E-state index in [0.717, 1.165) is 55.4 Å². The van der Waals surface area contributed by atoms with Gasteiger partial charge in [0.05, 0.1) is 11.4 Å². The third-order valence-corrected chi connectivity index (χ3v) is 5.89. The number of benzene rings is 4. The van der Waals surface area contributed by atoms with Crippen LogP contribution in [0.15, 0.2) is 97.1 Å². The third-order valence-electron chi connectivity index (χ3n) is 5.89. The normalized spacial score (nSPS) is 11.4. The number of para-hydroxylation sites is 2. The first-order valence-corrected chi connectivity index (χ1v) is 10.4. The Morgan fingerprint density at radius 1 is 0.469 bits per heavy atom. The van der Waals surface area contributed by atoms with E-state index in [2.05, 4.69) is 22.1 Å². The van der Waals surface area contributed by atoms with Gasteiger partial charge < -0.3 is 9.97 Å². The highest BCUT2D eigenvalue weighted by atomic mass is 19.1. The highest BCUT2D eigenvalue weighted by Gasteiger charge is 2.22. The lowest BCUT2D eigenvalue weighted by molar-refractivity contribution is 0.628. The molecular formula is C28H18F2N2. The minimum absolute atomic E-state index is 0.295. The Morgan fingerprint density at radius 3 is 1.34 bits per heavy atom. The van der Waals surface area contributed by atoms with Crippen LogP contribution in [0.5, 0.6) is 0 Å². The maximum Gasteiger partial charge on any atom is 0.123 e. The number of H-pyrrole nitrogens is 2. The average molecular weight is 420 g/mol. The number of hydrogen-bond donors (Lipinski definition) is 2. The van der Waals surface area contributed by atoms with E-state index in [4.69, 9.17) is 0 Å². The van der Waals surface area contributed by atoms with E-state index >= 15 is 0 Å². The van der Waals surface area contributed by atoms with Gasteiger partial charge in [0.15, 0.2) is 0 Å². The summed E-state index contributed by atoms with van der Waals surface area (Å²) in [5.41, 5.74) is 7.00. The quantitative estimate of drug-likeness (QED) is 0.291. The molecule has 0 aliphatic rings. The topological polar surface area (TPSA) is 31.6 Å². The Hall–Kier alpha value is -4.18. The van der Waals surface area contributed by atoms with Crippen molar-refractivity contribution in [1.29, 1.82) is 0 Å². The zero-order chi connectivity index (χ0) is 21.7. The van der Waals surface area contributed by atoms with E-state index in [1.54, 1.807) is 12.1 Å². The number of aromatic amines is 2. The molecule has 0 aliphatic carbocycles. The second-order valence-electron chi connectivity index (χ2n) is 7.86. The number of halogens is 2. The summed E-state index contributed by atoms with van der Waals surface area (Å²) in [6.45, 7) is 0. The van der Waals surface area contributed by atoms with Gasteiger partial charge in [0, 0.05) is 44.1 Å². The second kappa shape index (κ2) is 7.20. The molecule has 6 rings (SSSR count). The van der Waals surface area contributed by atoms with E-state index in [1.807, 2.05) is 48.5 Å². The zero-order valence-electron chi connectivity index (χ0n) is 17.0. The molecule has 2 aromatic heterocycles. The Bertz CT molecular complexity index is 1490. The van der Waals surface area contributed by atoms with Crippen LogP contribution in [0.1, 0.15) is 0 Å². The lowest BCUT2D eigenvalue weighted by Crippen LogP contribution is -1.87. The van der Waals surface area contributed by atoms with Crippen LogP contribution >= 0.6 is 0 Å². The van der Waals surface area contributed by atoms with Gasteiger partial charge in [-0.15, -0.1) is 0 Å². The summed E-state index contributed by atoms with van der Waals surface area (Å²) in [5.74, 6) is -0.590. The lowest BCUT2D eigenvalue weighted by Gasteiger charge is -2.09. The standard InChI is InChI=1S/C28H18F2N2/c29-19-9-5-7-17(15-19)27-25(21-11-1-3-13-23(21)31-27)26-22-12-2-4-14-24(22)32-28(26)18-8-6-10-20(30)16-18/h1-16,31-32H. The summed E-state index contributed by atoms with van der Waals surface area (Å²) in [5, 5.41) is 2.04. The Morgan fingerprint density at radius 2 is 0.906 bits per heavy atom. The van der Waals surface area contributed by atoms with E-state index in [-0.39, 0.29) is 11.6 Å². The summed E-state index contributed by atoms with van der Waals surface area (Å²) < 4.78 is 28.3. The van der Waals surface area contributed by atoms with Crippen molar-refractivity contribution in [3.8, 4) is 33.6 Å². The molecule has 0 fully saturated rings. The van der Waals surface area contributed by atoms with Crippen LogP contribution in [0, 0.1) is 11.6 Å². The monoisotopic (exact) mass is 420 g/mol. The molecule has 0 saturated carbocycles. The number of hydrogen-bond acceptors (Lipinski definition) is 0. The van der Waals surface area contributed by atoms with Crippen molar-refractivity contribution in [3.63, 3.8) is 0 Å².